The van der Waals surface area contributed by atoms with E-state index in [1.165, 1.54) is 21.8 Å². The first-order valence-electron chi connectivity index (χ1n) is 9.35. The molecule has 1 aromatic heterocycles. The lowest BCUT2D eigenvalue weighted by Gasteiger charge is -2.35. The van der Waals surface area contributed by atoms with E-state index in [9.17, 15) is 5.11 Å². The van der Waals surface area contributed by atoms with Gasteiger partial charge < -0.3 is 14.6 Å². The number of benzene rings is 2. The lowest BCUT2D eigenvalue weighted by molar-refractivity contribution is 0.0671. The molecule has 3 aromatic rings. The van der Waals surface area contributed by atoms with Crippen LogP contribution in [-0.2, 0) is 6.54 Å². The molecule has 0 spiro atoms. The van der Waals surface area contributed by atoms with Crippen LogP contribution in [0, 0.1) is 0 Å². The molecule has 2 aromatic carbocycles. The molecule has 132 valence electrons. The molecule has 0 radical (unpaired) electrons. The number of β-amino-alcohol motifs (C(OH)–C–C–N with tert-alkyl or cyclic N) is 1. The van der Waals surface area contributed by atoms with Gasteiger partial charge in [0, 0.05) is 54.5 Å². The Hall–Kier alpha value is -1.88. The molecular formula is C21H27N3O. The van der Waals surface area contributed by atoms with Gasteiger partial charge in [0.05, 0.1) is 12.6 Å². The molecule has 0 unspecified atom stereocenters. The predicted octanol–water partition coefficient (Wildman–Crippen LogP) is 2.79. The van der Waals surface area contributed by atoms with E-state index in [2.05, 4.69) is 69.8 Å². The van der Waals surface area contributed by atoms with Gasteiger partial charge in [-0.15, -0.1) is 0 Å². The highest BCUT2D eigenvalue weighted by Gasteiger charge is 2.19. The molecule has 1 aliphatic heterocycles. The van der Waals surface area contributed by atoms with Crippen molar-refractivity contribution in [3.05, 3.63) is 48.5 Å². The number of piperazine rings is 1. The van der Waals surface area contributed by atoms with E-state index in [0.29, 0.717) is 6.54 Å². The van der Waals surface area contributed by atoms with Crippen molar-refractivity contribution < 1.29 is 5.11 Å². The van der Waals surface area contributed by atoms with Crippen LogP contribution in [-0.4, -0.2) is 64.8 Å². The lowest BCUT2D eigenvalue weighted by atomic mass is 10.2. The maximum absolute atomic E-state index is 10.7. The fourth-order valence-electron chi connectivity index (χ4n) is 4.05. The predicted molar refractivity (Wildman–Crippen MR) is 104 cm³/mol. The second-order valence-electron chi connectivity index (χ2n) is 7.03. The zero-order chi connectivity index (χ0) is 17.2. The molecule has 1 atom stereocenters. The third kappa shape index (κ3) is 3.30. The third-order valence-corrected chi connectivity index (χ3v) is 5.45. The molecule has 4 rings (SSSR count). The van der Waals surface area contributed by atoms with Gasteiger partial charge in [0.15, 0.2) is 0 Å². The first-order valence-corrected chi connectivity index (χ1v) is 9.35. The Morgan fingerprint density at radius 1 is 0.800 bits per heavy atom. The molecular weight excluding hydrogens is 310 g/mol. The van der Waals surface area contributed by atoms with Crippen molar-refractivity contribution in [2.75, 3.05) is 39.3 Å². The van der Waals surface area contributed by atoms with E-state index >= 15 is 0 Å². The number of nitrogens with zero attached hydrogens (tertiary/aromatic N) is 3. The maximum Gasteiger partial charge on any atom is 0.0845 e. The van der Waals surface area contributed by atoms with Crippen LogP contribution in [0.4, 0.5) is 0 Å². The van der Waals surface area contributed by atoms with E-state index in [-0.39, 0.29) is 6.10 Å². The van der Waals surface area contributed by atoms with Crippen LogP contribution in [0.15, 0.2) is 48.5 Å². The second-order valence-corrected chi connectivity index (χ2v) is 7.03. The number of aromatic nitrogens is 1. The number of rotatable bonds is 5. The Morgan fingerprint density at radius 3 is 1.88 bits per heavy atom. The minimum atomic E-state index is -0.354. The summed E-state index contributed by atoms with van der Waals surface area (Å²) in [5.41, 5.74) is 2.41. The summed E-state index contributed by atoms with van der Waals surface area (Å²) in [5, 5.41) is 13.3. The summed E-state index contributed by atoms with van der Waals surface area (Å²) < 4.78 is 2.28. The van der Waals surface area contributed by atoms with Gasteiger partial charge in [0.2, 0.25) is 0 Å². The van der Waals surface area contributed by atoms with Gasteiger partial charge >= 0.3 is 0 Å². The molecule has 1 N–H and O–H groups in total. The van der Waals surface area contributed by atoms with Gasteiger partial charge in [-0.1, -0.05) is 43.3 Å². The zero-order valence-corrected chi connectivity index (χ0v) is 14.9. The minimum absolute atomic E-state index is 0.354. The summed E-state index contributed by atoms with van der Waals surface area (Å²) in [6.07, 6.45) is -0.354. The minimum Gasteiger partial charge on any atom is -0.390 e. The van der Waals surface area contributed by atoms with Gasteiger partial charge in [0.25, 0.3) is 0 Å². The quantitative estimate of drug-likeness (QED) is 0.777. The van der Waals surface area contributed by atoms with Gasteiger partial charge in [-0.3, -0.25) is 4.90 Å². The van der Waals surface area contributed by atoms with Crippen LogP contribution >= 0.6 is 0 Å². The van der Waals surface area contributed by atoms with Crippen LogP contribution in [0.1, 0.15) is 6.92 Å². The Bertz CT molecular complexity index is 795. The number of aliphatic hydroxyl groups excluding tert-OH is 1. The molecule has 0 saturated carbocycles. The van der Waals surface area contributed by atoms with E-state index < -0.39 is 0 Å². The Morgan fingerprint density at radius 2 is 1.32 bits per heavy atom. The van der Waals surface area contributed by atoms with Crippen LogP contribution in [0.5, 0.6) is 0 Å². The average Bonchev–Trinajstić information content (AvgIpc) is 2.97. The summed E-state index contributed by atoms with van der Waals surface area (Å²) in [5.74, 6) is 0. The molecule has 0 aliphatic carbocycles. The average molecular weight is 337 g/mol. The van der Waals surface area contributed by atoms with E-state index in [1.54, 1.807) is 0 Å². The monoisotopic (exact) mass is 337 g/mol. The van der Waals surface area contributed by atoms with Gasteiger partial charge in [0.1, 0.15) is 0 Å². The van der Waals surface area contributed by atoms with Crippen molar-refractivity contribution in [1.29, 1.82) is 0 Å². The van der Waals surface area contributed by atoms with Crippen molar-refractivity contribution in [3.63, 3.8) is 0 Å². The molecule has 2 heterocycles. The van der Waals surface area contributed by atoms with E-state index in [1.807, 2.05) is 0 Å². The van der Waals surface area contributed by atoms with Crippen LogP contribution < -0.4 is 0 Å². The lowest BCUT2D eigenvalue weighted by Crippen LogP contribution is -2.48. The summed E-state index contributed by atoms with van der Waals surface area (Å²) in [6, 6.07) is 17.0. The van der Waals surface area contributed by atoms with Crippen LogP contribution in [0.3, 0.4) is 0 Å². The van der Waals surface area contributed by atoms with Crippen molar-refractivity contribution in [3.8, 4) is 0 Å². The molecule has 0 bridgehead atoms. The maximum atomic E-state index is 10.7. The number of hydrogen-bond donors (Lipinski definition) is 1. The largest absolute Gasteiger partial charge is 0.390 e. The number of hydrogen-bond acceptors (Lipinski definition) is 3. The van der Waals surface area contributed by atoms with Crippen molar-refractivity contribution in [2.45, 2.75) is 19.6 Å². The highest BCUT2D eigenvalue weighted by atomic mass is 16.3. The van der Waals surface area contributed by atoms with Gasteiger partial charge in [-0.2, -0.15) is 0 Å². The highest BCUT2D eigenvalue weighted by Crippen LogP contribution is 2.28. The van der Waals surface area contributed by atoms with E-state index in [0.717, 1.165) is 39.3 Å². The summed E-state index contributed by atoms with van der Waals surface area (Å²) in [7, 11) is 0. The molecule has 4 heteroatoms. The third-order valence-electron chi connectivity index (χ3n) is 5.45. The Balaban J connectivity index is 1.54. The topological polar surface area (TPSA) is 31.6 Å². The molecule has 1 saturated heterocycles. The SMILES string of the molecule is CCN1CCN(C[C@H](O)Cn2c3ccccc3c3ccccc32)CC1. The van der Waals surface area contributed by atoms with Gasteiger partial charge in [-0.25, -0.2) is 0 Å². The first kappa shape index (κ1) is 16.6. The van der Waals surface area contributed by atoms with Crippen LogP contribution in [0.25, 0.3) is 21.8 Å². The fraction of sp³-hybridized carbons (Fsp3) is 0.429. The van der Waals surface area contributed by atoms with Crippen molar-refractivity contribution in [1.82, 2.24) is 14.4 Å². The molecule has 4 nitrogen and oxygen atoms in total. The number of para-hydroxylation sites is 2. The normalized spacial score (nSPS) is 18.2. The molecule has 25 heavy (non-hydrogen) atoms. The summed E-state index contributed by atoms with van der Waals surface area (Å²) >= 11 is 0. The Labute approximate surface area is 149 Å². The van der Waals surface area contributed by atoms with Gasteiger partial charge in [-0.05, 0) is 18.7 Å². The molecule has 0 amide bonds. The Kier molecular flexibility index (Phi) is 4.75. The smallest absolute Gasteiger partial charge is 0.0845 e. The highest BCUT2D eigenvalue weighted by molar-refractivity contribution is 6.07. The summed E-state index contributed by atoms with van der Waals surface area (Å²) in [6.45, 7) is 9.05. The first-order chi connectivity index (χ1) is 12.3. The van der Waals surface area contributed by atoms with Crippen LogP contribution in [0.2, 0.25) is 0 Å². The molecule has 1 aliphatic rings. The number of fused-ring (bicyclic) bond motifs is 3. The van der Waals surface area contributed by atoms with E-state index in [4.69, 9.17) is 0 Å². The van der Waals surface area contributed by atoms with Crippen molar-refractivity contribution in [2.24, 2.45) is 0 Å². The second kappa shape index (κ2) is 7.16. The number of aliphatic hydroxyl groups is 1. The summed E-state index contributed by atoms with van der Waals surface area (Å²) in [4.78, 5) is 4.86. The standard InChI is InChI=1S/C21H27N3O/c1-2-22-11-13-23(14-12-22)15-17(25)16-24-20-9-5-3-7-18(20)19-8-4-6-10-21(19)24/h3-10,17,25H,2,11-16H2,1H3/t17-/m0/s1. The zero-order valence-electron chi connectivity index (χ0n) is 14.9. The van der Waals surface area contributed by atoms with Crippen molar-refractivity contribution >= 4 is 21.8 Å². The number of likely N-dealkylation sites (N-methyl/N-ethyl adjacent to an activating group) is 1. The fourth-order valence-corrected chi connectivity index (χ4v) is 4.05. The molecule has 1 fully saturated rings.